The van der Waals surface area contributed by atoms with Gasteiger partial charge in [0.25, 0.3) is 0 Å². The first-order valence-corrected chi connectivity index (χ1v) is 9.37. The third kappa shape index (κ3) is 3.08. The number of nitrogens with zero attached hydrogens (tertiary/aromatic N) is 4. The minimum absolute atomic E-state index is 0.192. The van der Waals surface area contributed by atoms with Crippen LogP contribution in [-0.2, 0) is 17.9 Å². The molecule has 0 fully saturated rings. The van der Waals surface area contributed by atoms with E-state index in [1.54, 1.807) is 0 Å². The van der Waals surface area contributed by atoms with Crippen molar-refractivity contribution in [2.24, 2.45) is 0 Å². The Balaban J connectivity index is 1.50. The predicted molar refractivity (Wildman–Crippen MR) is 96.2 cm³/mol. The molecule has 1 aromatic heterocycles. The lowest BCUT2D eigenvalue weighted by molar-refractivity contribution is -0.120. The molecule has 24 heavy (non-hydrogen) atoms. The van der Waals surface area contributed by atoms with Gasteiger partial charge < -0.3 is 9.47 Å². The van der Waals surface area contributed by atoms with Crippen LogP contribution in [0.5, 0.6) is 0 Å². The van der Waals surface area contributed by atoms with E-state index < -0.39 is 0 Å². The number of aromatic nitrogens is 2. The minimum atomic E-state index is 0.192. The van der Waals surface area contributed by atoms with Crippen molar-refractivity contribution in [3.8, 4) is 0 Å². The number of imidazole rings is 1. The molecular formula is C18H22N4OS. The highest BCUT2D eigenvalue weighted by Gasteiger charge is 2.26. The van der Waals surface area contributed by atoms with E-state index >= 15 is 0 Å². The Kier molecular flexibility index (Phi) is 4.33. The van der Waals surface area contributed by atoms with Crippen molar-refractivity contribution in [3.63, 3.8) is 0 Å². The van der Waals surface area contributed by atoms with Gasteiger partial charge in [0.15, 0.2) is 0 Å². The van der Waals surface area contributed by atoms with Crippen molar-refractivity contribution in [1.29, 1.82) is 0 Å². The summed E-state index contributed by atoms with van der Waals surface area (Å²) in [7, 11) is 0. The summed E-state index contributed by atoms with van der Waals surface area (Å²) in [6.45, 7) is 6.05. The number of thioether (sulfide) groups is 1. The van der Waals surface area contributed by atoms with E-state index in [0.717, 1.165) is 44.1 Å². The SMILES string of the molecule is CC1CCN(C(=O)CN2CCn3ccnc3C2)c2ccccc2S1. The molecule has 0 aliphatic carbocycles. The molecule has 4 rings (SSSR count). The summed E-state index contributed by atoms with van der Waals surface area (Å²) < 4.78 is 2.17. The Hall–Kier alpha value is -1.79. The molecule has 1 unspecified atom stereocenters. The molecule has 1 aromatic carbocycles. The van der Waals surface area contributed by atoms with Gasteiger partial charge in [-0.15, -0.1) is 11.8 Å². The highest BCUT2D eigenvalue weighted by Crippen LogP contribution is 2.37. The molecule has 0 bridgehead atoms. The predicted octanol–water partition coefficient (Wildman–Crippen LogP) is 2.62. The van der Waals surface area contributed by atoms with Crippen molar-refractivity contribution >= 4 is 23.4 Å². The summed E-state index contributed by atoms with van der Waals surface area (Å²) in [5, 5.41) is 0.534. The first-order valence-electron chi connectivity index (χ1n) is 8.49. The summed E-state index contributed by atoms with van der Waals surface area (Å²) in [5.41, 5.74) is 1.07. The molecule has 0 spiro atoms. The fraction of sp³-hybridized carbons (Fsp3) is 0.444. The number of para-hydroxylation sites is 1. The van der Waals surface area contributed by atoms with E-state index in [1.165, 1.54) is 4.90 Å². The monoisotopic (exact) mass is 342 g/mol. The van der Waals surface area contributed by atoms with Crippen LogP contribution in [0.4, 0.5) is 5.69 Å². The molecule has 1 atom stereocenters. The topological polar surface area (TPSA) is 41.4 Å². The van der Waals surface area contributed by atoms with E-state index in [0.29, 0.717) is 11.8 Å². The largest absolute Gasteiger partial charge is 0.333 e. The van der Waals surface area contributed by atoms with Crippen molar-refractivity contribution in [3.05, 3.63) is 42.5 Å². The Labute approximate surface area is 146 Å². The van der Waals surface area contributed by atoms with E-state index in [9.17, 15) is 4.79 Å². The minimum Gasteiger partial charge on any atom is -0.333 e. The number of rotatable bonds is 2. The summed E-state index contributed by atoms with van der Waals surface area (Å²) in [6, 6.07) is 8.27. The van der Waals surface area contributed by atoms with Crippen LogP contribution in [0.25, 0.3) is 0 Å². The van der Waals surface area contributed by atoms with Crippen molar-refractivity contribution in [1.82, 2.24) is 14.5 Å². The van der Waals surface area contributed by atoms with Gasteiger partial charge >= 0.3 is 0 Å². The third-order valence-corrected chi connectivity index (χ3v) is 5.96. The number of carbonyl (C=O) groups excluding carboxylic acids is 1. The van der Waals surface area contributed by atoms with Gasteiger partial charge in [0.2, 0.25) is 5.91 Å². The number of anilines is 1. The van der Waals surface area contributed by atoms with E-state index in [-0.39, 0.29) is 5.91 Å². The average Bonchev–Trinajstić information content (AvgIpc) is 2.96. The number of benzene rings is 1. The number of fused-ring (bicyclic) bond motifs is 2. The summed E-state index contributed by atoms with van der Waals surface area (Å²) in [4.78, 5) is 22.8. The summed E-state index contributed by atoms with van der Waals surface area (Å²) >= 11 is 1.87. The zero-order valence-corrected chi connectivity index (χ0v) is 14.7. The number of carbonyl (C=O) groups is 1. The molecule has 0 saturated heterocycles. The van der Waals surface area contributed by atoms with Crippen LogP contribution in [0, 0.1) is 0 Å². The fourth-order valence-corrected chi connectivity index (χ4v) is 4.49. The Morgan fingerprint density at radius 2 is 2.17 bits per heavy atom. The van der Waals surface area contributed by atoms with Gasteiger partial charge in [-0.1, -0.05) is 19.1 Å². The zero-order chi connectivity index (χ0) is 16.5. The summed E-state index contributed by atoms with van der Waals surface area (Å²) in [5.74, 6) is 1.24. The van der Waals surface area contributed by atoms with Gasteiger partial charge in [0.1, 0.15) is 5.82 Å². The van der Waals surface area contributed by atoms with Gasteiger partial charge in [-0.25, -0.2) is 4.98 Å². The quantitative estimate of drug-likeness (QED) is 0.841. The number of hydrogen-bond acceptors (Lipinski definition) is 4. The van der Waals surface area contributed by atoms with Crippen LogP contribution in [0.2, 0.25) is 0 Å². The first kappa shape index (κ1) is 15.7. The van der Waals surface area contributed by atoms with Crippen LogP contribution in [-0.4, -0.2) is 45.2 Å². The smallest absolute Gasteiger partial charge is 0.241 e. The molecule has 3 heterocycles. The second kappa shape index (κ2) is 6.61. The Morgan fingerprint density at radius 1 is 1.29 bits per heavy atom. The molecular weight excluding hydrogens is 320 g/mol. The Bertz CT molecular complexity index is 744. The molecule has 1 amide bonds. The van der Waals surface area contributed by atoms with Gasteiger partial charge in [0, 0.05) is 42.2 Å². The second-order valence-corrected chi connectivity index (χ2v) is 7.96. The van der Waals surface area contributed by atoms with E-state index in [2.05, 4.69) is 39.6 Å². The standard InChI is InChI=1S/C18H22N4OS/c1-14-6-8-22(15-4-2-3-5-16(15)24-14)18(23)13-20-10-11-21-9-7-19-17(21)12-20/h2-5,7,9,14H,6,8,10-13H2,1H3. The van der Waals surface area contributed by atoms with Gasteiger partial charge in [0.05, 0.1) is 18.8 Å². The maximum absolute atomic E-state index is 13.0. The van der Waals surface area contributed by atoms with Crippen LogP contribution >= 0.6 is 11.8 Å². The van der Waals surface area contributed by atoms with Gasteiger partial charge in [-0.2, -0.15) is 0 Å². The lowest BCUT2D eigenvalue weighted by Crippen LogP contribution is -2.43. The molecule has 0 saturated carbocycles. The highest BCUT2D eigenvalue weighted by atomic mass is 32.2. The zero-order valence-electron chi connectivity index (χ0n) is 13.9. The van der Waals surface area contributed by atoms with Crippen molar-refractivity contribution < 1.29 is 4.79 Å². The average molecular weight is 342 g/mol. The number of amides is 1. The Morgan fingerprint density at radius 3 is 3.08 bits per heavy atom. The lowest BCUT2D eigenvalue weighted by Gasteiger charge is -2.30. The molecule has 5 nitrogen and oxygen atoms in total. The van der Waals surface area contributed by atoms with Crippen LogP contribution in [0.1, 0.15) is 19.2 Å². The molecule has 2 aromatic rings. The van der Waals surface area contributed by atoms with Crippen molar-refractivity contribution in [2.75, 3.05) is 24.5 Å². The normalized spacial score (nSPS) is 21.0. The molecule has 0 N–H and O–H groups in total. The molecule has 6 heteroatoms. The van der Waals surface area contributed by atoms with Gasteiger partial charge in [-0.05, 0) is 18.6 Å². The maximum Gasteiger partial charge on any atom is 0.241 e. The summed E-state index contributed by atoms with van der Waals surface area (Å²) in [6.07, 6.45) is 4.87. The maximum atomic E-state index is 13.0. The van der Waals surface area contributed by atoms with Crippen LogP contribution < -0.4 is 4.90 Å². The molecule has 2 aliphatic rings. The molecule has 2 aliphatic heterocycles. The molecule has 0 radical (unpaired) electrons. The van der Waals surface area contributed by atoms with Crippen LogP contribution in [0.15, 0.2) is 41.6 Å². The second-order valence-electron chi connectivity index (χ2n) is 6.48. The third-order valence-electron chi connectivity index (χ3n) is 4.73. The van der Waals surface area contributed by atoms with E-state index in [1.807, 2.05) is 35.1 Å². The first-order chi connectivity index (χ1) is 11.7. The van der Waals surface area contributed by atoms with Gasteiger partial charge in [-0.3, -0.25) is 9.69 Å². The van der Waals surface area contributed by atoms with Crippen LogP contribution in [0.3, 0.4) is 0 Å². The molecule has 126 valence electrons. The number of hydrogen-bond donors (Lipinski definition) is 0. The fourth-order valence-electron chi connectivity index (χ4n) is 3.38. The van der Waals surface area contributed by atoms with E-state index in [4.69, 9.17) is 0 Å². The highest BCUT2D eigenvalue weighted by molar-refractivity contribution is 8.00. The lowest BCUT2D eigenvalue weighted by atomic mass is 10.2. The van der Waals surface area contributed by atoms with Crippen molar-refractivity contribution in [2.45, 2.75) is 36.6 Å².